The molecular weight excluding hydrogens is 466 g/mol. The predicted octanol–water partition coefficient (Wildman–Crippen LogP) is 6.63. The molecule has 0 unspecified atom stereocenters. The van der Waals surface area contributed by atoms with Crippen LogP contribution < -0.4 is 0 Å². The molecule has 0 saturated carbocycles. The zero-order valence-corrected chi connectivity index (χ0v) is 19.7. The number of aryl methyl sites for hydroxylation is 3. The molecule has 0 bridgehead atoms. The lowest BCUT2D eigenvalue weighted by Crippen LogP contribution is -2.15. The third-order valence-electron chi connectivity index (χ3n) is 5.50. The summed E-state index contributed by atoms with van der Waals surface area (Å²) in [6, 6.07) is 20.7. The maximum absolute atomic E-state index is 13.0. The molecule has 1 aromatic heterocycles. The Balaban J connectivity index is 1.66. The lowest BCUT2D eigenvalue weighted by Gasteiger charge is -2.11. The van der Waals surface area contributed by atoms with Crippen LogP contribution in [0.1, 0.15) is 37.4 Å². The fourth-order valence-electron chi connectivity index (χ4n) is 3.45. The summed E-state index contributed by atoms with van der Waals surface area (Å²) in [6.07, 6.45) is 0. The van der Waals surface area contributed by atoms with Crippen LogP contribution in [0.25, 0.3) is 22.2 Å². The summed E-state index contributed by atoms with van der Waals surface area (Å²) >= 11 is 3.46. The summed E-state index contributed by atoms with van der Waals surface area (Å²) in [5.41, 5.74) is 6.43. The average molecular weight is 488 g/mol. The molecule has 4 aromatic rings. The summed E-state index contributed by atoms with van der Waals surface area (Å²) in [6.45, 7) is 5.64. The van der Waals surface area contributed by atoms with Gasteiger partial charge < -0.3 is 4.74 Å². The van der Waals surface area contributed by atoms with Gasteiger partial charge in [-0.1, -0.05) is 57.9 Å². The number of ketones is 1. The highest BCUT2D eigenvalue weighted by molar-refractivity contribution is 9.10. The first kappa shape index (κ1) is 21.9. The smallest absolute Gasteiger partial charge is 0.339 e. The molecular formula is C27H22BrNO3. The van der Waals surface area contributed by atoms with E-state index in [4.69, 9.17) is 9.72 Å². The zero-order chi connectivity index (χ0) is 22.8. The van der Waals surface area contributed by atoms with Crippen molar-refractivity contribution in [1.82, 2.24) is 4.98 Å². The predicted molar refractivity (Wildman–Crippen MR) is 130 cm³/mol. The number of ether oxygens (including phenoxy) is 1. The highest BCUT2D eigenvalue weighted by atomic mass is 79.9. The van der Waals surface area contributed by atoms with E-state index in [-0.39, 0.29) is 12.4 Å². The zero-order valence-electron chi connectivity index (χ0n) is 18.1. The second-order valence-electron chi connectivity index (χ2n) is 7.88. The number of halogens is 1. The molecule has 0 N–H and O–H groups in total. The first-order valence-electron chi connectivity index (χ1n) is 10.3. The molecule has 1 heterocycles. The van der Waals surface area contributed by atoms with Gasteiger partial charge in [0.1, 0.15) is 0 Å². The van der Waals surface area contributed by atoms with E-state index in [9.17, 15) is 9.59 Å². The number of carbonyl (C=O) groups excluding carboxylic acids is 2. The van der Waals surface area contributed by atoms with Gasteiger partial charge in [-0.3, -0.25) is 4.79 Å². The van der Waals surface area contributed by atoms with Crippen LogP contribution in [0, 0.1) is 20.8 Å². The Morgan fingerprint density at radius 3 is 2.34 bits per heavy atom. The van der Waals surface area contributed by atoms with E-state index in [1.165, 1.54) is 0 Å². The van der Waals surface area contributed by atoms with Crippen LogP contribution in [-0.4, -0.2) is 23.3 Å². The minimum Gasteiger partial charge on any atom is -0.454 e. The lowest BCUT2D eigenvalue weighted by atomic mass is 10.0. The van der Waals surface area contributed by atoms with E-state index < -0.39 is 5.97 Å². The quantitative estimate of drug-likeness (QED) is 0.234. The van der Waals surface area contributed by atoms with Gasteiger partial charge >= 0.3 is 5.97 Å². The summed E-state index contributed by atoms with van der Waals surface area (Å²) < 4.78 is 6.27. The molecule has 0 saturated heterocycles. The number of Topliss-reactive ketones (excluding diaryl/α,β-unsaturated/α-hetero) is 1. The van der Waals surface area contributed by atoms with Crippen LogP contribution in [0.5, 0.6) is 0 Å². The van der Waals surface area contributed by atoms with Gasteiger partial charge in [0.2, 0.25) is 0 Å². The molecule has 0 aliphatic rings. The molecule has 0 radical (unpaired) electrons. The fourth-order valence-corrected chi connectivity index (χ4v) is 3.81. The largest absolute Gasteiger partial charge is 0.454 e. The number of benzene rings is 3. The maximum Gasteiger partial charge on any atom is 0.339 e. The highest BCUT2D eigenvalue weighted by Crippen LogP contribution is 2.28. The minimum absolute atomic E-state index is 0.236. The number of esters is 1. The van der Waals surface area contributed by atoms with E-state index in [0.29, 0.717) is 27.7 Å². The first-order valence-corrected chi connectivity index (χ1v) is 11.1. The molecule has 3 aromatic carbocycles. The molecule has 0 spiro atoms. The van der Waals surface area contributed by atoms with Crippen LogP contribution in [0.4, 0.5) is 0 Å². The Morgan fingerprint density at radius 2 is 1.62 bits per heavy atom. The third kappa shape index (κ3) is 4.63. The van der Waals surface area contributed by atoms with Crippen molar-refractivity contribution in [2.24, 2.45) is 0 Å². The molecule has 160 valence electrons. The van der Waals surface area contributed by atoms with Crippen molar-refractivity contribution in [1.29, 1.82) is 0 Å². The highest BCUT2D eigenvalue weighted by Gasteiger charge is 2.18. The Labute approximate surface area is 195 Å². The molecule has 4 nitrogen and oxygen atoms in total. The van der Waals surface area contributed by atoms with Crippen LogP contribution >= 0.6 is 15.9 Å². The van der Waals surface area contributed by atoms with Gasteiger partial charge in [-0.05, 0) is 62.2 Å². The van der Waals surface area contributed by atoms with E-state index in [0.717, 1.165) is 26.7 Å². The molecule has 32 heavy (non-hydrogen) atoms. The van der Waals surface area contributed by atoms with Crippen molar-refractivity contribution in [3.63, 3.8) is 0 Å². The Morgan fingerprint density at radius 1 is 0.875 bits per heavy atom. The molecule has 0 aliphatic heterocycles. The van der Waals surface area contributed by atoms with Crippen molar-refractivity contribution < 1.29 is 14.3 Å². The van der Waals surface area contributed by atoms with Gasteiger partial charge in [0, 0.05) is 21.0 Å². The fraction of sp³-hybridized carbons (Fsp3) is 0.148. The number of nitrogens with zero attached hydrogens (tertiary/aromatic N) is 1. The van der Waals surface area contributed by atoms with Gasteiger partial charge in [-0.15, -0.1) is 0 Å². The van der Waals surface area contributed by atoms with Crippen LogP contribution in [0.2, 0.25) is 0 Å². The van der Waals surface area contributed by atoms with Crippen LogP contribution in [-0.2, 0) is 4.74 Å². The molecule has 0 fully saturated rings. The van der Waals surface area contributed by atoms with E-state index >= 15 is 0 Å². The van der Waals surface area contributed by atoms with Gasteiger partial charge in [-0.2, -0.15) is 0 Å². The standard InChI is InChI=1S/C27H22BrNO3/c1-16-4-7-19(8-5-16)25-14-23(22-13-21(28)10-11-24(22)29-25)27(31)32-15-26(30)20-9-6-17(2)18(3)12-20/h4-14H,15H2,1-3H3. The van der Waals surface area contributed by atoms with Gasteiger partial charge in [-0.25, -0.2) is 9.78 Å². The summed E-state index contributed by atoms with van der Waals surface area (Å²) in [5, 5.41) is 0.666. The monoisotopic (exact) mass is 487 g/mol. The number of hydrogen-bond acceptors (Lipinski definition) is 4. The van der Waals surface area contributed by atoms with Crippen molar-refractivity contribution in [2.75, 3.05) is 6.61 Å². The number of aromatic nitrogens is 1. The molecule has 5 heteroatoms. The van der Waals surface area contributed by atoms with Crippen molar-refractivity contribution in [3.8, 4) is 11.3 Å². The normalized spacial score (nSPS) is 10.9. The second-order valence-corrected chi connectivity index (χ2v) is 8.80. The minimum atomic E-state index is -0.555. The SMILES string of the molecule is Cc1ccc(-c2cc(C(=O)OCC(=O)c3ccc(C)c(C)c3)c3cc(Br)ccc3n2)cc1. The molecule has 0 amide bonds. The van der Waals surface area contributed by atoms with Gasteiger partial charge in [0.15, 0.2) is 12.4 Å². The summed E-state index contributed by atoms with van der Waals surface area (Å²) in [4.78, 5) is 30.4. The van der Waals surface area contributed by atoms with Gasteiger partial charge in [0.25, 0.3) is 0 Å². The number of carbonyl (C=O) groups is 2. The Kier molecular flexibility index (Phi) is 6.19. The Bertz CT molecular complexity index is 1340. The molecule has 4 rings (SSSR count). The van der Waals surface area contributed by atoms with Crippen molar-refractivity contribution in [2.45, 2.75) is 20.8 Å². The second kappa shape index (κ2) is 9.05. The Hall–Kier alpha value is -3.31. The van der Waals surface area contributed by atoms with Crippen LogP contribution in [0.3, 0.4) is 0 Å². The number of pyridine rings is 1. The first-order chi connectivity index (χ1) is 15.3. The summed E-state index contributed by atoms with van der Waals surface area (Å²) in [7, 11) is 0. The summed E-state index contributed by atoms with van der Waals surface area (Å²) in [5.74, 6) is -0.791. The van der Waals surface area contributed by atoms with E-state index in [2.05, 4.69) is 15.9 Å². The number of fused-ring (bicyclic) bond motifs is 1. The number of rotatable bonds is 5. The van der Waals surface area contributed by atoms with Gasteiger partial charge in [0.05, 0.1) is 16.8 Å². The van der Waals surface area contributed by atoms with Crippen molar-refractivity contribution in [3.05, 3.63) is 99.0 Å². The molecule has 0 aliphatic carbocycles. The maximum atomic E-state index is 13.0. The van der Waals surface area contributed by atoms with E-state index in [1.807, 2.05) is 75.4 Å². The third-order valence-corrected chi connectivity index (χ3v) is 5.99. The average Bonchev–Trinajstić information content (AvgIpc) is 2.79. The topological polar surface area (TPSA) is 56.3 Å². The number of hydrogen-bond donors (Lipinski definition) is 0. The van der Waals surface area contributed by atoms with Crippen molar-refractivity contribution >= 4 is 38.6 Å². The molecule has 0 atom stereocenters. The van der Waals surface area contributed by atoms with Crippen LogP contribution in [0.15, 0.2) is 71.2 Å². The lowest BCUT2D eigenvalue weighted by molar-refractivity contribution is 0.0476. The van der Waals surface area contributed by atoms with E-state index in [1.54, 1.807) is 12.1 Å².